The molecule has 0 saturated carbocycles. The molecule has 0 fully saturated rings. The SMILES string of the molecule is C=C(C)N(C)CC(C)C(C)C(C)C(C#N)CO. The highest BCUT2D eigenvalue weighted by molar-refractivity contribution is 4.91. The van der Waals surface area contributed by atoms with E-state index in [0.29, 0.717) is 11.8 Å². The minimum Gasteiger partial charge on any atom is -0.395 e. The Bertz CT molecular complexity index is 282. The summed E-state index contributed by atoms with van der Waals surface area (Å²) in [5.41, 5.74) is 1.05. The van der Waals surface area contributed by atoms with Crippen LogP contribution >= 0.6 is 0 Å². The minimum atomic E-state index is -0.261. The number of hydrogen-bond donors (Lipinski definition) is 1. The Hall–Kier alpha value is -1.01. The largest absolute Gasteiger partial charge is 0.395 e. The molecule has 0 heterocycles. The van der Waals surface area contributed by atoms with E-state index in [2.05, 4.69) is 31.4 Å². The molecule has 4 unspecified atom stereocenters. The van der Waals surface area contributed by atoms with Gasteiger partial charge in [-0.3, -0.25) is 0 Å². The molecule has 0 aliphatic rings. The fourth-order valence-electron chi connectivity index (χ4n) is 1.96. The summed E-state index contributed by atoms with van der Waals surface area (Å²) in [5.74, 6) is 0.809. The van der Waals surface area contributed by atoms with Gasteiger partial charge in [0.25, 0.3) is 0 Å². The van der Waals surface area contributed by atoms with Crippen LogP contribution in [-0.4, -0.2) is 30.2 Å². The van der Waals surface area contributed by atoms with Gasteiger partial charge in [0.1, 0.15) is 0 Å². The second kappa shape index (κ2) is 7.34. The molecule has 0 aromatic heterocycles. The molecule has 17 heavy (non-hydrogen) atoms. The molecule has 0 amide bonds. The Kier molecular flexibility index (Phi) is 6.91. The van der Waals surface area contributed by atoms with Crippen molar-refractivity contribution in [2.75, 3.05) is 20.2 Å². The van der Waals surface area contributed by atoms with Crippen molar-refractivity contribution in [1.29, 1.82) is 5.26 Å². The maximum absolute atomic E-state index is 9.15. The highest BCUT2D eigenvalue weighted by Crippen LogP contribution is 2.27. The van der Waals surface area contributed by atoms with Gasteiger partial charge in [-0.05, 0) is 24.7 Å². The van der Waals surface area contributed by atoms with Gasteiger partial charge in [0.05, 0.1) is 18.6 Å². The van der Waals surface area contributed by atoms with Gasteiger partial charge in [-0.25, -0.2) is 0 Å². The predicted octanol–water partition coefficient (Wildman–Crippen LogP) is 2.49. The molecule has 0 bridgehead atoms. The van der Waals surface area contributed by atoms with Crippen molar-refractivity contribution < 1.29 is 5.11 Å². The number of aliphatic hydroxyl groups is 1. The number of rotatable bonds is 7. The van der Waals surface area contributed by atoms with Crippen LogP contribution in [-0.2, 0) is 0 Å². The van der Waals surface area contributed by atoms with Crippen LogP contribution in [0.5, 0.6) is 0 Å². The zero-order chi connectivity index (χ0) is 13.6. The maximum Gasteiger partial charge on any atom is 0.0722 e. The van der Waals surface area contributed by atoms with Crippen LogP contribution in [0.3, 0.4) is 0 Å². The van der Waals surface area contributed by atoms with E-state index in [1.165, 1.54) is 0 Å². The first-order valence-electron chi connectivity index (χ1n) is 6.22. The zero-order valence-electron chi connectivity index (χ0n) is 11.8. The van der Waals surface area contributed by atoms with Crippen molar-refractivity contribution in [1.82, 2.24) is 4.90 Å². The molecule has 0 aromatic rings. The normalized spacial score (nSPS) is 17.7. The van der Waals surface area contributed by atoms with E-state index in [1.54, 1.807) is 0 Å². The molecule has 98 valence electrons. The van der Waals surface area contributed by atoms with E-state index in [-0.39, 0.29) is 18.4 Å². The van der Waals surface area contributed by atoms with Crippen LogP contribution in [0.15, 0.2) is 12.3 Å². The molecule has 3 nitrogen and oxygen atoms in total. The van der Waals surface area contributed by atoms with Gasteiger partial charge in [-0.2, -0.15) is 5.26 Å². The first-order valence-corrected chi connectivity index (χ1v) is 6.22. The Balaban J connectivity index is 4.44. The molecule has 0 radical (unpaired) electrons. The van der Waals surface area contributed by atoms with Gasteiger partial charge in [0, 0.05) is 19.3 Å². The molecule has 0 rings (SSSR count). The molecular weight excluding hydrogens is 212 g/mol. The summed E-state index contributed by atoms with van der Waals surface area (Å²) in [6, 6.07) is 2.18. The monoisotopic (exact) mass is 238 g/mol. The topological polar surface area (TPSA) is 47.3 Å². The number of allylic oxidation sites excluding steroid dienone is 1. The molecule has 0 spiro atoms. The van der Waals surface area contributed by atoms with Crippen LogP contribution in [0.1, 0.15) is 27.7 Å². The van der Waals surface area contributed by atoms with Crippen LogP contribution in [0, 0.1) is 35.0 Å². The first-order chi connectivity index (χ1) is 7.84. The van der Waals surface area contributed by atoms with Crippen molar-refractivity contribution in [3.8, 4) is 6.07 Å². The van der Waals surface area contributed by atoms with Gasteiger partial charge >= 0.3 is 0 Å². The molecule has 0 aliphatic carbocycles. The summed E-state index contributed by atoms with van der Waals surface area (Å²) in [5, 5.41) is 18.1. The van der Waals surface area contributed by atoms with Crippen LogP contribution in [0.2, 0.25) is 0 Å². The van der Waals surface area contributed by atoms with Crippen LogP contribution in [0.25, 0.3) is 0 Å². The molecule has 4 atom stereocenters. The quantitative estimate of drug-likeness (QED) is 0.741. The third kappa shape index (κ3) is 4.79. The second-order valence-corrected chi connectivity index (χ2v) is 5.23. The molecule has 0 aromatic carbocycles. The van der Waals surface area contributed by atoms with E-state index in [1.807, 2.05) is 20.9 Å². The van der Waals surface area contributed by atoms with E-state index in [9.17, 15) is 0 Å². The standard InChI is InChI=1S/C14H26N2O/c1-10(2)16(6)8-11(3)12(4)13(5)14(7-15)9-17/h11-14,17H,1,8-9H2,2-6H3. The van der Waals surface area contributed by atoms with Crippen LogP contribution in [0.4, 0.5) is 0 Å². The summed E-state index contributed by atoms with van der Waals surface area (Å²) in [4.78, 5) is 2.13. The van der Waals surface area contributed by atoms with Crippen molar-refractivity contribution in [2.24, 2.45) is 23.7 Å². The number of hydrogen-bond acceptors (Lipinski definition) is 3. The van der Waals surface area contributed by atoms with Gasteiger partial charge in [-0.1, -0.05) is 27.4 Å². The van der Waals surface area contributed by atoms with Crippen molar-refractivity contribution >= 4 is 0 Å². The van der Waals surface area contributed by atoms with Crippen molar-refractivity contribution in [2.45, 2.75) is 27.7 Å². The Morgan fingerprint density at radius 2 is 1.88 bits per heavy atom. The summed E-state index contributed by atoms with van der Waals surface area (Å²) in [7, 11) is 2.03. The summed E-state index contributed by atoms with van der Waals surface area (Å²) in [6.45, 7) is 13.2. The van der Waals surface area contributed by atoms with Gasteiger partial charge < -0.3 is 10.0 Å². The number of nitriles is 1. The lowest BCUT2D eigenvalue weighted by molar-refractivity contribution is 0.149. The average Bonchev–Trinajstić information content (AvgIpc) is 2.28. The molecule has 1 N–H and O–H groups in total. The van der Waals surface area contributed by atoms with E-state index < -0.39 is 0 Å². The molecule has 3 heteroatoms. The number of nitrogens with zero attached hydrogens (tertiary/aromatic N) is 2. The average molecular weight is 238 g/mol. The summed E-state index contributed by atoms with van der Waals surface area (Å²) < 4.78 is 0. The fraction of sp³-hybridized carbons (Fsp3) is 0.786. The molecular formula is C14H26N2O. The lowest BCUT2D eigenvalue weighted by Gasteiger charge is -2.32. The Morgan fingerprint density at radius 1 is 1.35 bits per heavy atom. The van der Waals surface area contributed by atoms with Crippen LogP contribution < -0.4 is 0 Å². The molecule has 0 aliphatic heterocycles. The maximum atomic E-state index is 9.15. The lowest BCUT2D eigenvalue weighted by atomic mass is 9.78. The second-order valence-electron chi connectivity index (χ2n) is 5.23. The van der Waals surface area contributed by atoms with E-state index in [0.717, 1.165) is 12.2 Å². The smallest absolute Gasteiger partial charge is 0.0722 e. The first kappa shape index (κ1) is 16.0. The fourth-order valence-corrected chi connectivity index (χ4v) is 1.96. The Morgan fingerprint density at radius 3 is 2.24 bits per heavy atom. The predicted molar refractivity (Wildman–Crippen MR) is 71.1 cm³/mol. The highest BCUT2D eigenvalue weighted by Gasteiger charge is 2.26. The Labute approximate surface area is 106 Å². The van der Waals surface area contributed by atoms with E-state index >= 15 is 0 Å². The minimum absolute atomic E-state index is 0.0505. The summed E-state index contributed by atoms with van der Waals surface area (Å²) in [6.07, 6.45) is 0. The van der Waals surface area contributed by atoms with Crippen molar-refractivity contribution in [3.05, 3.63) is 12.3 Å². The third-order valence-electron chi connectivity index (χ3n) is 3.94. The number of aliphatic hydroxyl groups excluding tert-OH is 1. The van der Waals surface area contributed by atoms with Gasteiger partial charge in [0.2, 0.25) is 0 Å². The summed E-state index contributed by atoms with van der Waals surface area (Å²) >= 11 is 0. The van der Waals surface area contributed by atoms with Crippen molar-refractivity contribution in [3.63, 3.8) is 0 Å². The zero-order valence-corrected chi connectivity index (χ0v) is 11.8. The molecule has 0 saturated heterocycles. The third-order valence-corrected chi connectivity index (χ3v) is 3.94. The van der Waals surface area contributed by atoms with Gasteiger partial charge in [-0.15, -0.1) is 0 Å². The lowest BCUT2D eigenvalue weighted by Crippen LogP contribution is -2.31. The van der Waals surface area contributed by atoms with Gasteiger partial charge in [0.15, 0.2) is 0 Å². The highest BCUT2D eigenvalue weighted by atomic mass is 16.3. The van der Waals surface area contributed by atoms with E-state index in [4.69, 9.17) is 10.4 Å².